The average Bonchev–Trinajstić information content (AvgIpc) is 3.03. The zero-order valence-electron chi connectivity index (χ0n) is 22.2. The van der Waals surface area contributed by atoms with E-state index >= 15 is 0 Å². The Balaban J connectivity index is 2.82. The first-order valence-corrected chi connectivity index (χ1v) is 11.8. The molecule has 0 aliphatic rings. The second kappa shape index (κ2) is 12.3. The predicted molar refractivity (Wildman–Crippen MR) is 138 cm³/mol. The zero-order chi connectivity index (χ0) is 34.6. The van der Waals surface area contributed by atoms with Crippen molar-refractivity contribution >= 4 is 11.1 Å². The number of hydrogen-bond donors (Lipinski definition) is 0. The maximum Gasteiger partial charge on any atom is 0.417 e. The summed E-state index contributed by atoms with van der Waals surface area (Å²) < 4.78 is 82.9. The molecule has 0 heterocycles. The van der Waals surface area contributed by atoms with Gasteiger partial charge in [0.1, 0.15) is 36.4 Å². The molecule has 9 nitrogen and oxygen atoms in total. The van der Waals surface area contributed by atoms with Gasteiger partial charge in [-0.2, -0.15) is 73.7 Å². The summed E-state index contributed by atoms with van der Waals surface area (Å²) in [6.07, 6.45) is -10.4. The molecule has 15 heteroatoms. The van der Waals surface area contributed by atoms with Crippen LogP contribution in [0, 0.1) is 102 Å². The molecule has 0 bridgehead atoms. The highest BCUT2D eigenvalue weighted by Gasteiger charge is 2.37. The molecule has 3 aromatic rings. The van der Waals surface area contributed by atoms with Crippen LogP contribution in [0.25, 0.3) is 11.1 Å². The lowest BCUT2D eigenvalue weighted by molar-refractivity contribution is -0.138. The van der Waals surface area contributed by atoms with E-state index in [4.69, 9.17) is 0 Å². The summed E-state index contributed by atoms with van der Waals surface area (Å²) in [6.45, 7) is 0. The fourth-order valence-corrected chi connectivity index (χ4v) is 4.47. The number of rotatable bonds is 2. The molecule has 0 N–H and O–H groups in total. The fraction of sp³-hybridized carbons (Fsp3) is 0.0645. The van der Waals surface area contributed by atoms with E-state index in [9.17, 15) is 73.7 Å². The molecule has 0 fully saturated rings. The minimum Gasteiger partial charge on any atom is -0.192 e. The van der Waals surface area contributed by atoms with E-state index in [1.54, 1.807) is 6.07 Å². The summed E-state index contributed by atoms with van der Waals surface area (Å²) in [5.41, 5.74) is -12.9. The first kappa shape index (κ1) is 32.9. The normalized spacial score (nSPS) is 11.8. The van der Waals surface area contributed by atoms with Crippen LogP contribution in [0.3, 0.4) is 0 Å². The maximum atomic E-state index is 13.8. The Hall–Kier alpha value is -7.61. The molecule has 46 heavy (non-hydrogen) atoms. The van der Waals surface area contributed by atoms with Crippen LogP contribution in [0.5, 0.6) is 0 Å². The number of alkyl halides is 6. The smallest absolute Gasteiger partial charge is 0.192 e. The van der Waals surface area contributed by atoms with Crippen LogP contribution in [0.2, 0.25) is 0 Å². The van der Waals surface area contributed by atoms with Crippen molar-refractivity contribution in [1.82, 2.24) is 0 Å². The van der Waals surface area contributed by atoms with Gasteiger partial charge in [0.2, 0.25) is 0 Å². The van der Waals surface area contributed by atoms with E-state index in [1.807, 2.05) is 0 Å². The van der Waals surface area contributed by atoms with Crippen LogP contribution >= 0.6 is 0 Å². The molecule has 0 radical (unpaired) electrons. The standard InChI is InChI=1S/C31H5F6N9/c32-30(33,34)27-3-15(6-38)1-18(23(27)11-43)21(9-41)20-5-17(8-40)29(26(14-46)22(20)10-42)25(13-45)19-2-16(7-39)4-28(24(19)12-44)31(35,36)37/h1-5H/b21-20-,29-25-. The lowest BCUT2D eigenvalue weighted by Crippen LogP contribution is -2.27. The van der Waals surface area contributed by atoms with Crippen molar-refractivity contribution in [1.29, 1.82) is 47.4 Å². The molecule has 0 amide bonds. The minimum atomic E-state index is -5.21. The lowest BCUT2D eigenvalue weighted by Gasteiger charge is -2.14. The van der Waals surface area contributed by atoms with Gasteiger partial charge in [0.15, 0.2) is 0 Å². The Kier molecular flexibility index (Phi) is 8.81. The number of hydrogen-bond acceptors (Lipinski definition) is 9. The molecule has 0 aromatic heterocycles. The van der Waals surface area contributed by atoms with E-state index in [-0.39, 0.29) is 0 Å². The van der Waals surface area contributed by atoms with Crippen molar-refractivity contribution < 1.29 is 26.3 Å². The van der Waals surface area contributed by atoms with Crippen LogP contribution in [0.4, 0.5) is 26.3 Å². The Morgan fingerprint density at radius 1 is 0.457 bits per heavy atom. The summed E-state index contributed by atoms with van der Waals surface area (Å²) in [5, 5.41) is 86.5. The molecular formula is C31H5F6N9. The Morgan fingerprint density at radius 3 is 1.20 bits per heavy atom. The van der Waals surface area contributed by atoms with Crippen LogP contribution in [0.15, 0.2) is 30.3 Å². The highest BCUT2D eigenvalue weighted by atomic mass is 19.4. The van der Waals surface area contributed by atoms with E-state index in [0.29, 0.717) is 24.3 Å². The summed E-state index contributed by atoms with van der Waals surface area (Å²) in [7, 11) is 0. The molecule has 3 rings (SSSR count). The number of nitrogens with zero attached hydrogens (tertiary/aromatic N) is 9. The molecule has 0 saturated heterocycles. The molecular weight excluding hydrogens is 612 g/mol. The van der Waals surface area contributed by atoms with Gasteiger partial charge in [0, 0.05) is 21.6 Å². The topological polar surface area (TPSA) is 214 Å². The van der Waals surface area contributed by atoms with Gasteiger partial charge < -0.3 is 0 Å². The average molecular weight is 617 g/mol. The van der Waals surface area contributed by atoms with Gasteiger partial charge in [-0.1, -0.05) is 0 Å². The summed E-state index contributed by atoms with van der Waals surface area (Å²) in [5.74, 6) is 0. The van der Waals surface area contributed by atoms with Crippen molar-refractivity contribution in [3.63, 3.8) is 0 Å². The van der Waals surface area contributed by atoms with Crippen molar-refractivity contribution in [2.45, 2.75) is 12.4 Å². The minimum absolute atomic E-state index is 0.336. The van der Waals surface area contributed by atoms with Gasteiger partial charge in [-0.3, -0.25) is 0 Å². The molecule has 0 spiro atoms. The van der Waals surface area contributed by atoms with E-state index < -0.39 is 95.1 Å². The second-order valence-electron chi connectivity index (χ2n) is 8.74. The number of benzene rings is 3. The highest BCUT2D eigenvalue weighted by Crippen LogP contribution is 2.37. The van der Waals surface area contributed by atoms with Gasteiger partial charge in [-0.15, -0.1) is 0 Å². The summed E-state index contributed by atoms with van der Waals surface area (Å²) in [4.78, 5) is 0. The molecule has 0 aliphatic heterocycles. The first-order valence-electron chi connectivity index (χ1n) is 11.8. The van der Waals surface area contributed by atoms with Crippen LogP contribution in [-0.2, 0) is 12.4 Å². The summed E-state index contributed by atoms with van der Waals surface area (Å²) in [6, 6.07) is 15.9. The Morgan fingerprint density at radius 2 is 0.870 bits per heavy atom. The second-order valence-corrected chi connectivity index (χ2v) is 8.74. The summed E-state index contributed by atoms with van der Waals surface area (Å²) >= 11 is 0. The molecule has 0 aliphatic carbocycles. The van der Waals surface area contributed by atoms with Crippen molar-refractivity contribution in [3.05, 3.63) is 102 Å². The SMILES string of the molecule is N#C/C(c1cc(C#N)cc(C(F)(F)F)c1C#N)=c1\cc(C#N)/c(=C(\C#N)c2cc(C#N)cc(C(F)(F)F)c2C#N)c(C#N)c1C#N. The van der Waals surface area contributed by atoms with Crippen LogP contribution < -0.4 is 10.4 Å². The number of halogens is 6. The third-order valence-corrected chi connectivity index (χ3v) is 6.32. The van der Waals surface area contributed by atoms with Crippen LogP contribution in [-0.4, -0.2) is 0 Å². The molecule has 3 aromatic carbocycles. The predicted octanol–water partition coefficient (Wildman–Crippen LogP) is 4.27. The quantitative estimate of drug-likeness (QED) is 0.375. The molecule has 216 valence electrons. The Labute approximate surface area is 253 Å². The highest BCUT2D eigenvalue weighted by molar-refractivity contribution is 5.86. The van der Waals surface area contributed by atoms with Crippen molar-refractivity contribution in [2.24, 2.45) is 0 Å². The van der Waals surface area contributed by atoms with Gasteiger partial charge in [0.25, 0.3) is 0 Å². The zero-order valence-corrected chi connectivity index (χ0v) is 22.2. The van der Waals surface area contributed by atoms with Crippen LogP contribution in [0.1, 0.15) is 61.2 Å². The third-order valence-electron chi connectivity index (χ3n) is 6.32. The molecule has 0 atom stereocenters. The van der Waals surface area contributed by atoms with Gasteiger partial charge in [0.05, 0.1) is 79.4 Å². The van der Waals surface area contributed by atoms with E-state index in [0.717, 1.165) is 6.07 Å². The van der Waals surface area contributed by atoms with E-state index in [1.165, 1.54) is 48.6 Å². The largest absolute Gasteiger partial charge is 0.417 e. The van der Waals surface area contributed by atoms with Crippen molar-refractivity contribution in [2.75, 3.05) is 0 Å². The van der Waals surface area contributed by atoms with Gasteiger partial charge >= 0.3 is 12.4 Å². The lowest BCUT2D eigenvalue weighted by atomic mass is 9.87. The molecule has 0 saturated carbocycles. The van der Waals surface area contributed by atoms with E-state index in [2.05, 4.69) is 0 Å². The maximum absolute atomic E-state index is 13.8. The molecule has 0 unspecified atom stereocenters. The fourth-order valence-electron chi connectivity index (χ4n) is 4.47. The Bertz CT molecular complexity index is 2390. The van der Waals surface area contributed by atoms with Gasteiger partial charge in [-0.25, -0.2) is 0 Å². The monoisotopic (exact) mass is 617 g/mol. The van der Waals surface area contributed by atoms with Gasteiger partial charge in [-0.05, 0) is 30.3 Å². The first-order chi connectivity index (χ1) is 21.7. The van der Waals surface area contributed by atoms with Crippen molar-refractivity contribution in [3.8, 4) is 54.6 Å². The third kappa shape index (κ3) is 5.58. The number of nitriles is 9.